The Balaban J connectivity index is 1.86. The second-order valence-electron chi connectivity index (χ2n) is 5.83. The average molecular weight is 365 g/mol. The van der Waals surface area contributed by atoms with Crippen molar-refractivity contribution >= 4 is 21.4 Å². The lowest BCUT2D eigenvalue weighted by molar-refractivity contribution is -0.384. The Hall–Kier alpha value is -2.39. The van der Waals surface area contributed by atoms with Crippen LogP contribution in [0.25, 0.3) is 0 Å². The van der Waals surface area contributed by atoms with Crippen LogP contribution in [0.5, 0.6) is 0 Å². The topological polar surface area (TPSA) is 106 Å². The predicted molar refractivity (Wildman–Crippen MR) is 91.7 cm³/mol. The smallest absolute Gasteiger partial charge is 0.293 e. The van der Waals surface area contributed by atoms with Gasteiger partial charge in [0.05, 0.1) is 22.6 Å². The van der Waals surface area contributed by atoms with Crippen LogP contribution < -0.4 is 5.32 Å². The lowest BCUT2D eigenvalue weighted by Gasteiger charge is -2.25. The highest BCUT2D eigenvalue weighted by Crippen LogP contribution is 2.30. The van der Waals surface area contributed by atoms with Crippen LogP contribution in [0.4, 0.5) is 11.4 Å². The van der Waals surface area contributed by atoms with Gasteiger partial charge < -0.3 is 9.73 Å². The lowest BCUT2D eigenvalue weighted by atomic mass is 10.2. The first-order valence-corrected chi connectivity index (χ1v) is 9.47. The van der Waals surface area contributed by atoms with Gasteiger partial charge in [-0.15, -0.1) is 0 Å². The fraction of sp³-hybridized carbons (Fsp3) is 0.375. The summed E-state index contributed by atoms with van der Waals surface area (Å²) in [5.74, 6) is 0.624. The highest BCUT2D eigenvalue weighted by molar-refractivity contribution is 7.89. The Morgan fingerprint density at radius 3 is 2.60 bits per heavy atom. The second-order valence-corrected chi connectivity index (χ2v) is 7.77. The van der Waals surface area contributed by atoms with Crippen molar-refractivity contribution in [2.45, 2.75) is 30.7 Å². The molecule has 9 heteroatoms. The molecule has 3 rings (SSSR count). The van der Waals surface area contributed by atoms with Crippen LogP contribution in [0.3, 0.4) is 0 Å². The van der Waals surface area contributed by atoms with E-state index in [-0.39, 0.29) is 22.8 Å². The van der Waals surface area contributed by atoms with Crippen molar-refractivity contribution in [3.63, 3.8) is 0 Å². The molecule has 0 saturated carbocycles. The van der Waals surface area contributed by atoms with Crippen molar-refractivity contribution < 1.29 is 17.8 Å². The summed E-state index contributed by atoms with van der Waals surface area (Å²) in [6.45, 7) is 1.18. The number of rotatable bonds is 6. The molecule has 1 fully saturated rings. The summed E-state index contributed by atoms with van der Waals surface area (Å²) in [5, 5.41) is 14.3. The first-order valence-electron chi connectivity index (χ1n) is 8.03. The Labute approximate surface area is 145 Å². The zero-order chi connectivity index (χ0) is 17.9. The third-order valence-corrected chi connectivity index (χ3v) is 6.05. The van der Waals surface area contributed by atoms with Crippen molar-refractivity contribution in [3.8, 4) is 0 Å². The highest BCUT2D eigenvalue weighted by atomic mass is 32.2. The molecule has 25 heavy (non-hydrogen) atoms. The zero-order valence-corrected chi connectivity index (χ0v) is 14.4. The second kappa shape index (κ2) is 7.24. The number of anilines is 1. The third kappa shape index (κ3) is 3.83. The number of piperidine rings is 1. The van der Waals surface area contributed by atoms with Gasteiger partial charge in [-0.1, -0.05) is 6.42 Å². The van der Waals surface area contributed by atoms with Crippen molar-refractivity contribution in [1.82, 2.24) is 4.31 Å². The van der Waals surface area contributed by atoms with Gasteiger partial charge in [-0.2, -0.15) is 4.31 Å². The van der Waals surface area contributed by atoms with Crippen LogP contribution in [-0.2, 0) is 16.6 Å². The number of furan rings is 1. The standard InChI is InChI=1S/C16H19N3O5S/c20-19(21)16-11-14(25(22,23)18-8-2-1-3-9-18)6-7-15(16)17-12-13-5-4-10-24-13/h4-7,10-11,17H,1-3,8-9,12H2. The Morgan fingerprint density at radius 1 is 1.20 bits per heavy atom. The Morgan fingerprint density at radius 2 is 1.96 bits per heavy atom. The molecule has 0 amide bonds. The van der Waals surface area contributed by atoms with Crippen LogP contribution >= 0.6 is 0 Å². The number of nitro groups is 1. The molecule has 1 aliphatic rings. The van der Waals surface area contributed by atoms with Crippen LogP contribution in [0.2, 0.25) is 0 Å². The molecule has 0 spiro atoms. The minimum Gasteiger partial charge on any atom is -0.467 e. The van der Waals surface area contributed by atoms with Crippen molar-refractivity contribution in [2.24, 2.45) is 0 Å². The van der Waals surface area contributed by atoms with Crippen LogP contribution in [0, 0.1) is 10.1 Å². The molecule has 0 unspecified atom stereocenters. The number of hydrogen-bond acceptors (Lipinski definition) is 6. The van der Waals surface area contributed by atoms with E-state index >= 15 is 0 Å². The lowest BCUT2D eigenvalue weighted by Crippen LogP contribution is -2.35. The van der Waals surface area contributed by atoms with Crippen LogP contribution in [0.15, 0.2) is 45.9 Å². The highest BCUT2D eigenvalue weighted by Gasteiger charge is 2.28. The molecule has 0 bridgehead atoms. The minimum absolute atomic E-state index is 0.0513. The summed E-state index contributed by atoms with van der Waals surface area (Å²) in [6, 6.07) is 7.42. The number of hydrogen-bond donors (Lipinski definition) is 1. The average Bonchev–Trinajstić information content (AvgIpc) is 3.14. The van der Waals surface area contributed by atoms with E-state index < -0.39 is 14.9 Å². The predicted octanol–water partition coefficient (Wildman–Crippen LogP) is 2.97. The number of nitrogens with one attached hydrogen (secondary N) is 1. The zero-order valence-electron chi connectivity index (χ0n) is 13.6. The number of sulfonamides is 1. The molecule has 1 saturated heterocycles. The van der Waals surface area contributed by atoms with E-state index in [1.165, 1.54) is 22.7 Å². The van der Waals surface area contributed by atoms with E-state index in [0.29, 0.717) is 18.8 Å². The molecule has 1 N–H and O–H groups in total. The Kier molecular flexibility index (Phi) is 5.05. The molecular formula is C16H19N3O5S. The van der Waals surface area contributed by atoms with E-state index in [2.05, 4.69) is 5.32 Å². The van der Waals surface area contributed by atoms with Crippen molar-refractivity contribution in [1.29, 1.82) is 0 Å². The molecule has 8 nitrogen and oxygen atoms in total. The summed E-state index contributed by atoms with van der Waals surface area (Å²) in [6.07, 6.45) is 4.13. The molecule has 134 valence electrons. The summed E-state index contributed by atoms with van der Waals surface area (Å²) in [5.41, 5.74) is -0.0244. The van der Waals surface area contributed by atoms with Gasteiger partial charge in [-0.25, -0.2) is 8.42 Å². The summed E-state index contributed by atoms with van der Waals surface area (Å²) < 4.78 is 31.9. The van der Waals surface area contributed by atoms with Crippen LogP contribution in [0.1, 0.15) is 25.0 Å². The molecule has 1 aromatic heterocycles. The fourth-order valence-corrected chi connectivity index (χ4v) is 4.36. The number of nitrogens with zero attached hydrogens (tertiary/aromatic N) is 2. The maximum atomic E-state index is 12.7. The summed E-state index contributed by atoms with van der Waals surface area (Å²) in [4.78, 5) is 10.7. The maximum Gasteiger partial charge on any atom is 0.293 e. The third-order valence-electron chi connectivity index (χ3n) is 4.15. The minimum atomic E-state index is -3.71. The van der Waals surface area contributed by atoms with Crippen molar-refractivity contribution in [3.05, 3.63) is 52.5 Å². The summed E-state index contributed by atoms with van der Waals surface area (Å²) in [7, 11) is -3.71. The maximum absolute atomic E-state index is 12.7. The van der Waals surface area contributed by atoms with E-state index in [1.807, 2.05) is 0 Å². The van der Waals surface area contributed by atoms with E-state index in [9.17, 15) is 18.5 Å². The molecule has 2 aromatic rings. The normalized spacial score (nSPS) is 15.8. The molecule has 1 aliphatic heterocycles. The molecular weight excluding hydrogens is 346 g/mol. The fourth-order valence-electron chi connectivity index (χ4n) is 2.82. The van der Waals surface area contributed by atoms with Gasteiger partial charge in [-0.3, -0.25) is 10.1 Å². The molecule has 0 radical (unpaired) electrons. The quantitative estimate of drug-likeness (QED) is 0.623. The van der Waals surface area contributed by atoms with Crippen LogP contribution in [-0.4, -0.2) is 30.7 Å². The molecule has 2 heterocycles. The van der Waals surface area contributed by atoms with Crippen molar-refractivity contribution in [2.75, 3.05) is 18.4 Å². The van der Waals surface area contributed by atoms with Gasteiger partial charge in [0.15, 0.2) is 0 Å². The van der Waals surface area contributed by atoms with Gasteiger partial charge in [0.2, 0.25) is 10.0 Å². The number of nitro benzene ring substituents is 1. The first kappa shape index (κ1) is 17.4. The SMILES string of the molecule is O=[N+]([O-])c1cc(S(=O)(=O)N2CCCCC2)ccc1NCc1ccco1. The van der Waals surface area contributed by atoms with Gasteiger partial charge in [0.25, 0.3) is 5.69 Å². The first-order chi connectivity index (χ1) is 12.0. The van der Waals surface area contributed by atoms with Gasteiger partial charge in [0.1, 0.15) is 11.4 Å². The monoisotopic (exact) mass is 365 g/mol. The van der Waals surface area contributed by atoms with E-state index in [1.54, 1.807) is 12.1 Å². The summed E-state index contributed by atoms with van der Waals surface area (Å²) >= 11 is 0. The molecule has 0 aliphatic carbocycles. The van der Waals surface area contributed by atoms with E-state index in [4.69, 9.17) is 4.42 Å². The molecule has 1 aromatic carbocycles. The molecule has 0 atom stereocenters. The van der Waals surface area contributed by atoms with Gasteiger partial charge in [0, 0.05) is 19.2 Å². The Bertz CT molecular complexity index is 843. The van der Waals surface area contributed by atoms with E-state index in [0.717, 1.165) is 25.3 Å². The van der Waals surface area contributed by atoms with Gasteiger partial charge >= 0.3 is 0 Å². The number of benzene rings is 1. The van der Waals surface area contributed by atoms with Gasteiger partial charge in [-0.05, 0) is 37.1 Å². The largest absolute Gasteiger partial charge is 0.467 e.